The molecule has 0 aromatic carbocycles. The molecule has 0 rings (SSSR count). The first-order valence-electron chi connectivity index (χ1n) is 0.577. The van der Waals surface area contributed by atoms with Crippen LogP contribution < -0.4 is 0 Å². The topological polar surface area (TPSA) is 0 Å². The van der Waals surface area contributed by atoms with Crippen LogP contribution in [0.15, 0.2) is 0 Å². The van der Waals surface area contributed by atoms with Crippen molar-refractivity contribution in [1.29, 1.82) is 0 Å². The molecule has 0 aliphatic carbocycles. The van der Waals surface area contributed by atoms with Crippen molar-refractivity contribution in [2.75, 3.05) is 0 Å². The monoisotopic (exact) mass is 406 g/mol. The molecule has 0 nitrogen and oxygen atoms in total. The Morgan fingerprint density at radius 2 is 1.20 bits per heavy atom. The maximum absolute atomic E-state index is 1.47. The van der Waals surface area contributed by atoms with Gasteiger partial charge in [0.1, 0.15) is 0 Å². The fourth-order valence-electron chi connectivity index (χ4n) is 0. The zero-order chi connectivity index (χ0) is 2.00. The fourth-order valence-corrected chi connectivity index (χ4v) is 0. The first-order chi connectivity index (χ1) is 1.00. The van der Waals surface area contributed by atoms with Crippen LogP contribution in [0.2, 0.25) is 0 Å². The molecule has 0 atom stereocenters. The van der Waals surface area contributed by atoms with Gasteiger partial charge in [0.05, 0.1) is 0 Å². The average molecular weight is 407 g/mol. The normalized spacial score (nSPS) is 1.40. The van der Waals surface area contributed by atoms with Crippen LogP contribution in [-0.4, -0.2) is 51.2 Å². The minimum atomic E-state index is 0. The van der Waals surface area contributed by atoms with Gasteiger partial charge in [-0.25, -0.2) is 0 Å². The van der Waals surface area contributed by atoms with E-state index < -0.39 is 0 Å². The van der Waals surface area contributed by atoms with Crippen LogP contribution in [0.5, 0.6) is 0 Å². The molecule has 0 amide bonds. The number of rotatable bonds is 0. The van der Waals surface area contributed by atoms with Gasteiger partial charge in [-0.1, -0.05) is 0 Å². The van der Waals surface area contributed by atoms with Crippen LogP contribution in [-0.2, 0) is 43.3 Å². The first-order valence-corrected chi connectivity index (χ1v) is 12.6. The smallest absolute Gasteiger partial charge is 0 e. The molecule has 0 N–H and O–H groups in total. The Kier molecular flexibility index (Phi) is 109. The molecule has 26 valence electrons. The van der Waals surface area contributed by atoms with E-state index in [0.29, 0.717) is 0 Å². The van der Waals surface area contributed by atoms with E-state index in [1.807, 2.05) is 0 Å². The van der Waals surface area contributed by atoms with E-state index in [-0.39, 0.29) is 88.8 Å². The predicted molar refractivity (Wildman–Crippen MR) is 18.5 cm³/mol. The molecular weight excluding hydrogens is 402 g/mol. The molecule has 0 aliphatic heterocycles. The van der Waals surface area contributed by atoms with Gasteiger partial charge < -0.3 is 0 Å². The minimum absolute atomic E-state index is 0. The van der Waals surface area contributed by atoms with E-state index >= 15 is 0 Å². The van der Waals surface area contributed by atoms with Crippen molar-refractivity contribution in [3.8, 4) is 0 Å². The summed E-state index contributed by atoms with van der Waals surface area (Å²) in [4.78, 5) is 0. The van der Waals surface area contributed by atoms with E-state index in [2.05, 4.69) is 0 Å². The van der Waals surface area contributed by atoms with E-state index in [9.17, 15) is 0 Å². The minimum Gasteiger partial charge on any atom is 0 e. The van der Waals surface area contributed by atoms with E-state index in [4.69, 9.17) is 0 Å². The van der Waals surface area contributed by atoms with Gasteiger partial charge in [-0.2, -0.15) is 0 Å². The van der Waals surface area contributed by atoms with Crippen LogP contribution in [0.1, 0.15) is 0 Å². The Labute approximate surface area is 123 Å². The molecule has 0 aromatic heterocycles. The molecule has 0 saturated carbocycles. The molecule has 5 heteroatoms. The van der Waals surface area contributed by atoms with Crippen LogP contribution in [0.4, 0.5) is 0 Å². The number of hydrogen-bond acceptors (Lipinski definition) is 0. The molecular formula is H5FeLaSiSrZr. The van der Waals surface area contributed by atoms with Gasteiger partial charge in [0, 0.05) is 43.3 Å². The van der Waals surface area contributed by atoms with E-state index in [1.165, 1.54) is 38.5 Å². The molecule has 0 saturated heterocycles. The van der Waals surface area contributed by atoms with Crippen molar-refractivity contribution in [3.63, 3.8) is 0 Å². The van der Waals surface area contributed by atoms with Crippen LogP contribution in [0.25, 0.3) is 0 Å². The summed E-state index contributed by atoms with van der Waals surface area (Å²) in [6.07, 6.45) is 0. The standard InChI is InChI=1S/Fe.La.H3Si.Sr.Zr.2H/h;;1H3;;;;. The van der Waals surface area contributed by atoms with Gasteiger partial charge in [-0.05, 0) is 0 Å². The summed E-state index contributed by atoms with van der Waals surface area (Å²) in [7, 11) is 0. The van der Waals surface area contributed by atoms with Crippen molar-refractivity contribution >= 4 is 51.2 Å². The first kappa shape index (κ1) is 22.8. The zero-order valence-electron chi connectivity index (χ0n) is 2.43. The summed E-state index contributed by atoms with van der Waals surface area (Å²) in [5.41, 5.74) is 0. The van der Waals surface area contributed by atoms with E-state index in [0.717, 1.165) is 0 Å². The maximum Gasteiger partial charge on any atom is 0 e. The van der Waals surface area contributed by atoms with Gasteiger partial charge in [-0.15, -0.1) is 0 Å². The molecule has 0 heterocycles. The summed E-state index contributed by atoms with van der Waals surface area (Å²) in [6.45, 7) is 0. The van der Waals surface area contributed by atoms with Gasteiger partial charge in [0.15, 0.2) is 0 Å². The van der Waals surface area contributed by atoms with Crippen LogP contribution >= 0.6 is 0 Å². The Morgan fingerprint density at radius 3 is 1.20 bits per heavy atom. The zero-order valence-corrected chi connectivity index (χ0v) is 11.6. The molecule has 0 aliphatic rings. The SMILES string of the molecule is [Fe].[SiH3][La].[SrH2].[Zr]. The fraction of sp³-hybridized carbons (Fsp3) is 0. The average Bonchev–Trinajstić information content (AvgIpc) is 1.00. The van der Waals surface area contributed by atoms with Gasteiger partial charge in [0.25, 0.3) is 0 Å². The second-order valence-electron chi connectivity index (χ2n) is 0. The van der Waals surface area contributed by atoms with Gasteiger partial charge in [-0.3, -0.25) is 0 Å². The molecule has 0 aromatic rings. The Balaban J connectivity index is -0.00000000167. The summed E-state index contributed by atoms with van der Waals surface area (Å²) in [5.74, 6) is 1.47. The predicted octanol–water partition coefficient (Wildman–Crippen LogP) is -2.11. The van der Waals surface area contributed by atoms with Crippen molar-refractivity contribution < 1.29 is 76.0 Å². The summed E-state index contributed by atoms with van der Waals surface area (Å²) in [5, 5.41) is 0. The Bertz CT molecular complexity index is 11.6. The van der Waals surface area contributed by atoms with Gasteiger partial charge >= 0.3 is 84.0 Å². The second-order valence-corrected chi connectivity index (χ2v) is 0. The van der Waals surface area contributed by atoms with Crippen molar-refractivity contribution in [2.45, 2.75) is 0 Å². The summed E-state index contributed by atoms with van der Waals surface area (Å²) in [6, 6.07) is 0. The molecule has 0 spiro atoms. The summed E-state index contributed by atoms with van der Waals surface area (Å²) < 4.78 is 0. The molecule has 0 unspecified atom stereocenters. The molecule has 5 heavy (non-hydrogen) atoms. The molecule has 0 radical (unpaired) electrons. The largest absolute Gasteiger partial charge is 0 e. The Hall–Kier alpha value is 4.29. The van der Waals surface area contributed by atoms with E-state index in [1.54, 1.807) is 0 Å². The third-order valence-electron chi connectivity index (χ3n) is 0. The summed E-state index contributed by atoms with van der Waals surface area (Å²) >= 11 is 1.31. The van der Waals surface area contributed by atoms with Crippen LogP contribution in [0, 0.1) is 32.7 Å². The number of hydrogen-bond donors (Lipinski definition) is 0. The van der Waals surface area contributed by atoms with Crippen molar-refractivity contribution in [2.24, 2.45) is 0 Å². The second kappa shape index (κ2) is 23.9. The van der Waals surface area contributed by atoms with Gasteiger partial charge in [0.2, 0.25) is 0 Å². The van der Waals surface area contributed by atoms with Crippen molar-refractivity contribution in [3.05, 3.63) is 0 Å². The third-order valence-corrected chi connectivity index (χ3v) is 0. The maximum atomic E-state index is 1.47. The molecule has 0 bridgehead atoms. The van der Waals surface area contributed by atoms with Crippen LogP contribution in [0.3, 0.4) is 0 Å². The molecule has 0 fully saturated rings. The van der Waals surface area contributed by atoms with Crippen molar-refractivity contribution in [1.82, 2.24) is 0 Å². The third kappa shape index (κ3) is 17.8. The Morgan fingerprint density at radius 1 is 1.20 bits per heavy atom. The quantitative estimate of drug-likeness (QED) is 0.404.